The average molecular weight is 390 g/mol. The van der Waals surface area contributed by atoms with Gasteiger partial charge in [-0.25, -0.2) is 0 Å². The molecule has 1 amide bonds. The van der Waals surface area contributed by atoms with Gasteiger partial charge in [0.05, 0.1) is 35.9 Å². The van der Waals surface area contributed by atoms with Crippen molar-refractivity contribution in [2.75, 3.05) is 17.7 Å². The van der Waals surface area contributed by atoms with Crippen LogP contribution in [0.5, 0.6) is 0 Å². The van der Waals surface area contributed by atoms with Crippen LogP contribution in [0.2, 0.25) is 0 Å². The molecule has 2 heterocycles. The minimum atomic E-state index is -0.857. The summed E-state index contributed by atoms with van der Waals surface area (Å²) >= 11 is -0.857. The number of rotatable bonds is 6. The molecule has 0 bridgehead atoms. The molecule has 1 aliphatic carbocycles. The molecule has 1 aliphatic rings. The highest BCUT2D eigenvalue weighted by Gasteiger charge is 2.28. The van der Waals surface area contributed by atoms with Crippen LogP contribution in [0.15, 0.2) is 24.7 Å². The Morgan fingerprint density at radius 3 is 2.74 bits per heavy atom. The summed E-state index contributed by atoms with van der Waals surface area (Å²) in [6, 6.07) is 1.72. The van der Waals surface area contributed by atoms with E-state index in [4.69, 9.17) is 0 Å². The van der Waals surface area contributed by atoms with Gasteiger partial charge in [-0.2, -0.15) is 15.3 Å². The highest BCUT2D eigenvalue weighted by Crippen LogP contribution is 2.27. The molecule has 0 radical (unpaired) electrons. The highest BCUT2D eigenvalue weighted by molar-refractivity contribution is 7.92. The number of hydrogen-bond donors (Lipinski definition) is 0. The maximum atomic E-state index is 12.8. The largest absolute Gasteiger partial charge is 0.616 e. The maximum Gasteiger partial charge on any atom is 0.261 e. The number of carbonyl (C=O) groups is 1. The number of nitrogens with zero attached hydrogens (tertiary/aromatic N) is 5. The molecule has 2 aromatic rings. The summed E-state index contributed by atoms with van der Waals surface area (Å²) in [7, 11) is 1.71. The van der Waals surface area contributed by atoms with Crippen molar-refractivity contribution in [3.05, 3.63) is 35.9 Å². The lowest BCUT2D eigenvalue weighted by atomic mass is 10.0. The average Bonchev–Trinajstić information content (AvgIpc) is 3.09. The molecule has 0 saturated heterocycles. The third-order valence-electron chi connectivity index (χ3n) is 5.28. The van der Waals surface area contributed by atoms with Crippen LogP contribution in [0.4, 0.5) is 5.69 Å². The summed E-state index contributed by atoms with van der Waals surface area (Å²) in [6.07, 6.45) is 10.4. The first kappa shape index (κ1) is 19.8. The maximum absolute atomic E-state index is 12.8. The Labute approximate surface area is 163 Å². The van der Waals surface area contributed by atoms with Gasteiger partial charge >= 0.3 is 0 Å². The summed E-state index contributed by atoms with van der Waals surface area (Å²) < 4.78 is 14.5. The zero-order chi connectivity index (χ0) is 19.4. The smallest absolute Gasteiger partial charge is 0.261 e. The van der Waals surface area contributed by atoms with Crippen molar-refractivity contribution in [2.24, 2.45) is 0 Å². The number of aromatic nitrogens is 4. The van der Waals surface area contributed by atoms with Gasteiger partial charge in [-0.05, 0) is 56.8 Å². The Morgan fingerprint density at radius 1 is 1.33 bits per heavy atom. The Morgan fingerprint density at radius 2 is 2.07 bits per heavy atom. The predicted octanol–water partition coefficient (Wildman–Crippen LogP) is 2.90. The van der Waals surface area contributed by atoms with Crippen molar-refractivity contribution in [1.29, 1.82) is 0 Å². The van der Waals surface area contributed by atoms with E-state index in [1.807, 2.05) is 18.5 Å². The van der Waals surface area contributed by atoms with Crippen molar-refractivity contribution in [3.63, 3.8) is 0 Å². The SMILES string of the molecule is Cc1c(C(=O)N(C)c2ccnnc2)cnn1C(C)C[S+]([O-])C1CCCCC1. The Balaban J connectivity index is 1.69. The molecular weight excluding hydrogens is 362 g/mol. The zero-order valence-corrected chi connectivity index (χ0v) is 17.0. The second kappa shape index (κ2) is 8.84. The first-order valence-electron chi connectivity index (χ1n) is 9.45. The van der Waals surface area contributed by atoms with Crippen molar-refractivity contribution in [3.8, 4) is 0 Å². The van der Waals surface area contributed by atoms with E-state index in [1.165, 1.54) is 24.2 Å². The molecule has 0 spiro atoms. The monoisotopic (exact) mass is 389 g/mol. The third-order valence-corrected chi connectivity index (χ3v) is 7.31. The first-order valence-corrected chi connectivity index (χ1v) is 10.8. The van der Waals surface area contributed by atoms with E-state index in [1.54, 1.807) is 31.7 Å². The van der Waals surface area contributed by atoms with Gasteiger partial charge in [0.15, 0.2) is 0 Å². The van der Waals surface area contributed by atoms with Gasteiger partial charge in [0, 0.05) is 12.7 Å². The van der Waals surface area contributed by atoms with E-state index >= 15 is 0 Å². The van der Waals surface area contributed by atoms with Gasteiger partial charge in [-0.15, -0.1) is 0 Å². The van der Waals surface area contributed by atoms with Crippen LogP contribution in [0.3, 0.4) is 0 Å². The van der Waals surface area contributed by atoms with E-state index in [-0.39, 0.29) is 11.9 Å². The van der Waals surface area contributed by atoms with Crippen LogP contribution < -0.4 is 4.90 Å². The minimum Gasteiger partial charge on any atom is -0.616 e. The Kier molecular flexibility index (Phi) is 6.49. The third kappa shape index (κ3) is 4.50. The van der Waals surface area contributed by atoms with Crippen molar-refractivity contribution < 1.29 is 9.35 Å². The van der Waals surface area contributed by atoms with Crippen molar-refractivity contribution >= 4 is 22.8 Å². The van der Waals surface area contributed by atoms with Crippen LogP contribution in [0.1, 0.15) is 61.1 Å². The molecule has 0 N–H and O–H groups in total. The number of carbonyl (C=O) groups excluding carboxylic acids is 1. The standard InChI is InChI=1S/C19H27N5O2S/c1-14(13-27(26)17-7-5-4-6-8-17)24-15(2)18(12-22-24)19(25)23(3)16-9-10-20-21-11-16/h9-12,14,17H,4-8,13H2,1-3H3. The summed E-state index contributed by atoms with van der Waals surface area (Å²) in [4.78, 5) is 14.4. The normalized spacial score (nSPS) is 17.5. The van der Waals surface area contributed by atoms with E-state index in [0.717, 1.165) is 18.5 Å². The van der Waals surface area contributed by atoms with Gasteiger partial charge in [0.25, 0.3) is 5.91 Å². The Bertz CT molecular complexity index is 761. The molecule has 1 fully saturated rings. The molecule has 2 unspecified atom stereocenters. The quantitative estimate of drug-likeness (QED) is 0.709. The van der Waals surface area contributed by atoms with Crippen molar-refractivity contribution in [1.82, 2.24) is 20.0 Å². The Hall–Kier alpha value is -1.93. The molecule has 2 atom stereocenters. The molecule has 27 heavy (non-hydrogen) atoms. The van der Waals surface area contributed by atoms with E-state index < -0.39 is 11.2 Å². The van der Waals surface area contributed by atoms with Crippen LogP contribution >= 0.6 is 0 Å². The summed E-state index contributed by atoms with van der Waals surface area (Å²) in [5.41, 5.74) is 2.01. The lowest BCUT2D eigenvalue weighted by Gasteiger charge is -2.27. The van der Waals surface area contributed by atoms with E-state index in [0.29, 0.717) is 22.3 Å². The van der Waals surface area contributed by atoms with E-state index in [9.17, 15) is 9.35 Å². The van der Waals surface area contributed by atoms with Gasteiger partial charge < -0.3 is 9.45 Å². The first-order chi connectivity index (χ1) is 13.0. The highest BCUT2D eigenvalue weighted by atomic mass is 32.2. The second-order valence-electron chi connectivity index (χ2n) is 7.21. The predicted molar refractivity (Wildman–Crippen MR) is 106 cm³/mol. The fraction of sp³-hybridized carbons (Fsp3) is 0.579. The molecule has 1 saturated carbocycles. The van der Waals surface area contributed by atoms with E-state index in [2.05, 4.69) is 15.3 Å². The minimum absolute atomic E-state index is 0.0118. The van der Waals surface area contributed by atoms with Gasteiger partial charge in [0.1, 0.15) is 11.0 Å². The van der Waals surface area contributed by atoms with Gasteiger partial charge in [0.2, 0.25) is 0 Å². The number of amides is 1. The summed E-state index contributed by atoms with van der Waals surface area (Å²) in [6.45, 7) is 3.91. The lowest BCUT2D eigenvalue weighted by Crippen LogP contribution is -2.30. The van der Waals surface area contributed by atoms with Crippen LogP contribution in [0, 0.1) is 6.92 Å². The molecule has 0 aliphatic heterocycles. The summed E-state index contributed by atoms with van der Waals surface area (Å²) in [5, 5.41) is 12.3. The fourth-order valence-corrected chi connectivity index (χ4v) is 5.38. The van der Waals surface area contributed by atoms with Crippen LogP contribution in [0.25, 0.3) is 0 Å². The number of anilines is 1. The second-order valence-corrected chi connectivity index (χ2v) is 8.97. The molecule has 0 aromatic carbocycles. The molecule has 2 aromatic heterocycles. The number of hydrogen-bond acceptors (Lipinski definition) is 5. The van der Waals surface area contributed by atoms with Gasteiger partial charge in [-0.3, -0.25) is 9.48 Å². The molecule has 8 heteroatoms. The molecule has 3 rings (SSSR count). The van der Waals surface area contributed by atoms with Gasteiger partial charge in [-0.1, -0.05) is 6.42 Å². The van der Waals surface area contributed by atoms with Crippen molar-refractivity contribution in [2.45, 2.75) is 57.2 Å². The zero-order valence-electron chi connectivity index (χ0n) is 16.2. The molecule has 146 valence electrons. The molecular formula is C19H27N5O2S. The van der Waals surface area contributed by atoms with Crippen LogP contribution in [-0.4, -0.2) is 48.5 Å². The molecule has 7 nitrogen and oxygen atoms in total. The summed E-state index contributed by atoms with van der Waals surface area (Å²) in [5.74, 6) is 0.428. The topological polar surface area (TPSA) is 87.0 Å². The fourth-order valence-electron chi connectivity index (χ4n) is 3.63. The van der Waals surface area contributed by atoms with Crippen LogP contribution in [-0.2, 0) is 11.2 Å². The lowest BCUT2D eigenvalue weighted by molar-refractivity contribution is 0.0992.